The molecule has 1 aromatic heterocycles. The highest BCUT2D eigenvalue weighted by atomic mass is 16.3. The zero-order valence-corrected chi connectivity index (χ0v) is 10.6. The second-order valence-corrected chi connectivity index (χ2v) is 4.90. The zero-order chi connectivity index (χ0) is 12.3. The van der Waals surface area contributed by atoms with Gasteiger partial charge in [-0.15, -0.1) is 0 Å². The van der Waals surface area contributed by atoms with E-state index in [2.05, 4.69) is 40.9 Å². The Hall–Kier alpha value is -0.970. The van der Waals surface area contributed by atoms with Gasteiger partial charge in [-0.25, -0.2) is 0 Å². The largest absolute Gasteiger partial charge is 0.395 e. The van der Waals surface area contributed by atoms with E-state index in [1.807, 2.05) is 12.4 Å². The summed E-state index contributed by atoms with van der Waals surface area (Å²) in [5.74, 6) is 0. The minimum absolute atomic E-state index is 0.230. The van der Waals surface area contributed by atoms with Crippen molar-refractivity contribution in [3.8, 4) is 0 Å². The third-order valence-corrected chi connectivity index (χ3v) is 3.63. The van der Waals surface area contributed by atoms with Gasteiger partial charge in [-0.05, 0) is 31.7 Å². The van der Waals surface area contributed by atoms with E-state index >= 15 is 0 Å². The molecule has 94 valence electrons. The van der Waals surface area contributed by atoms with Crippen LogP contribution in [0.5, 0.6) is 0 Å². The van der Waals surface area contributed by atoms with Crippen LogP contribution < -0.4 is 0 Å². The van der Waals surface area contributed by atoms with Gasteiger partial charge in [0, 0.05) is 44.1 Å². The molecular formula is C13H21N3O. The van der Waals surface area contributed by atoms with E-state index < -0.39 is 0 Å². The molecule has 0 amide bonds. The number of aliphatic hydroxyl groups is 1. The molecule has 0 aromatic carbocycles. The van der Waals surface area contributed by atoms with E-state index in [1.54, 1.807) is 0 Å². The zero-order valence-electron chi connectivity index (χ0n) is 10.6. The van der Waals surface area contributed by atoms with Crippen LogP contribution in [0.25, 0.3) is 0 Å². The maximum atomic E-state index is 9.38. The Bertz CT molecular complexity index is 344. The molecule has 1 aliphatic rings. The SMILES string of the molecule is CC1CN(Cc2ccncc2)CC(CO)N1C. The molecule has 1 saturated heterocycles. The van der Waals surface area contributed by atoms with E-state index in [-0.39, 0.29) is 12.6 Å². The van der Waals surface area contributed by atoms with Gasteiger partial charge in [0.15, 0.2) is 0 Å². The summed E-state index contributed by atoms with van der Waals surface area (Å²) in [5.41, 5.74) is 1.29. The predicted octanol–water partition coefficient (Wildman–Crippen LogP) is 0.578. The quantitative estimate of drug-likeness (QED) is 0.832. The third kappa shape index (κ3) is 3.03. The second-order valence-electron chi connectivity index (χ2n) is 4.90. The maximum absolute atomic E-state index is 9.38. The highest BCUT2D eigenvalue weighted by Gasteiger charge is 2.28. The Morgan fingerprint density at radius 3 is 2.71 bits per heavy atom. The average Bonchev–Trinajstić information content (AvgIpc) is 2.35. The molecule has 2 unspecified atom stereocenters. The number of hydrogen-bond donors (Lipinski definition) is 1. The first-order chi connectivity index (χ1) is 8.20. The van der Waals surface area contributed by atoms with Crippen LogP contribution in [0.3, 0.4) is 0 Å². The molecule has 0 spiro atoms. The van der Waals surface area contributed by atoms with Crippen LogP contribution in [0.2, 0.25) is 0 Å². The molecule has 2 rings (SSSR count). The fourth-order valence-corrected chi connectivity index (χ4v) is 2.43. The molecular weight excluding hydrogens is 214 g/mol. The Morgan fingerprint density at radius 2 is 2.06 bits per heavy atom. The van der Waals surface area contributed by atoms with Crippen LogP contribution in [-0.4, -0.2) is 58.7 Å². The number of piperazine rings is 1. The van der Waals surface area contributed by atoms with E-state index in [9.17, 15) is 5.11 Å². The highest BCUT2D eigenvalue weighted by molar-refractivity contribution is 5.09. The number of aromatic nitrogens is 1. The fourth-order valence-electron chi connectivity index (χ4n) is 2.43. The summed E-state index contributed by atoms with van der Waals surface area (Å²) in [6, 6.07) is 4.84. The van der Waals surface area contributed by atoms with Gasteiger partial charge < -0.3 is 5.11 Å². The van der Waals surface area contributed by atoms with Crippen molar-refractivity contribution in [1.82, 2.24) is 14.8 Å². The van der Waals surface area contributed by atoms with Gasteiger partial charge in [0.2, 0.25) is 0 Å². The molecule has 0 saturated carbocycles. The van der Waals surface area contributed by atoms with Gasteiger partial charge >= 0.3 is 0 Å². The smallest absolute Gasteiger partial charge is 0.0599 e. The maximum Gasteiger partial charge on any atom is 0.0599 e. The first-order valence-electron chi connectivity index (χ1n) is 6.14. The minimum Gasteiger partial charge on any atom is -0.395 e. The van der Waals surface area contributed by atoms with Crippen LogP contribution in [0.1, 0.15) is 12.5 Å². The van der Waals surface area contributed by atoms with Gasteiger partial charge in [0.1, 0.15) is 0 Å². The van der Waals surface area contributed by atoms with Gasteiger partial charge in [-0.1, -0.05) is 0 Å². The van der Waals surface area contributed by atoms with E-state index in [4.69, 9.17) is 0 Å². The van der Waals surface area contributed by atoms with Crippen LogP contribution in [0.15, 0.2) is 24.5 Å². The molecule has 4 nitrogen and oxygen atoms in total. The van der Waals surface area contributed by atoms with Gasteiger partial charge in [-0.2, -0.15) is 0 Å². The lowest BCUT2D eigenvalue weighted by Gasteiger charge is -2.43. The van der Waals surface area contributed by atoms with E-state index in [1.165, 1.54) is 5.56 Å². The lowest BCUT2D eigenvalue weighted by molar-refractivity contribution is 0.0188. The molecule has 0 aliphatic carbocycles. The lowest BCUT2D eigenvalue weighted by Crippen LogP contribution is -2.56. The van der Waals surface area contributed by atoms with Crippen LogP contribution >= 0.6 is 0 Å². The molecule has 0 radical (unpaired) electrons. The van der Waals surface area contributed by atoms with Crippen molar-refractivity contribution in [2.45, 2.75) is 25.6 Å². The first kappa shape index (κ1) is 12.5. The predicted molar refractivity (Wildman–Crippen MR) is 67.6 cm³/mol. The van der Waals surface area contributed by atoms with E-state index in [0.717, 1.165) is 19.6 Å². The van der Waals surface area contributed by atoms with Crippen molar-refractivity contribution >= 4 is 0 Å². The Balaban J connectivity index is 1.98. The van der Waals surface area contributed by atoms with Crippen molar-refractivity contribution in [3.05, 3.63) is 30.1 Å². The summed E-state index contributed by atoms with van der Waals surface area (Å²) < 4.78 is 0. The number of nitrogens with zero attached hydrogens (tertiary/aromatic N) is 3. The van der Waals surface area contributed by atoms with Crippen LogP contribution in [0, 0.1) is 0 Å². The Labute approximate surface area is 103 Å². The molecule has 1 fully saturated rings. The van der Waals surface area contributed by atoms with Gasteiger partial charge in [0.25, 0.3) is 0 Å². The van der Waals surface area contributed by atoms with Crippen molar-refractivity contribution in [3.63, 3.8) is 0 Å². The molecule has 1 aromatic rings. The standard InChI is InChI=1S/C13H21N3O/c1-11-7-16(9-13(10-17)15(11)2)8-12-3-5-14-6-4-12/h3-6,11,13,17H,7-10H2,1-2H3. The summed E-state index contributed by atoms with van der Waals surface area (Å²) in [5, 5.41) is 9.38. The molecule has 1 aliphatic heterocycles. The van der Waals surface area contributed by atoms with Crippen LogP contribution in [0.4, 0.5) is 0 Å². The summed E-state index contributed by atoms with van der Waals surface area (Å²) in [6.07, 6.45) is 3.66. The van der Waals surface area contributed by atoms with E-state index in [0.29, 0.717) is 6.04 Å². The third-order valence-electron chi connectivity index (χ3n) is 3.63. The van der Waals surface area contributed by atoms with Gasteiger partial charge in [0.05, 0.1) is 6.61 Å². The van der Waals surface area contributed by atoms with Crippen LogP contribution in [-0.2, 0) is 6.54 Å². The number of aliphatic hydroxyl groups excluding tert-OH is 1. The number of likely N-dealkylation sites (N-methyl/N-ethyl adjacent to an activating group) is 1. The normalized spacial score (nSPS) is 27.2. The van der Waals surface area contributed by atoms with Crippen molar-refractivity contribution in [1.29, 1.82) is 0 Å². The first-order valence-corrected chi connectivity index (χ1v) is 6.14. The van der Waals surface area contributed by atoms with Crippen molar-refractivity contribution < 1.29 is 5.11 Å². The summed E-state index contributed by atoms with van der Waals surface area (Å²) in [7, 11) is 2.09. The molecule has 2 atom stereocenters. The monoisotopic (exact) mass is 235 g/mol. The fraction of sp³-hybridized carbons (Fsp3) is 0.615. The molecule has 17 heavy (non-hydrogen) atoms. The number of pyridine rings is 1. The topological polar surface area (TPSA) is 39.6 Å². The van der Waals surface area contributed by atoms with Crippen molar-refractivity contribution in [2.75, 3.05) is 26.7 Å². The molecule has 1 N–H and O–H groups in total. The number of rotatable bonds is 3. The Morgan fingerprint density at radius 1 is 1.35 bits per heavy atom. The molecule has 4 heteroatoms. The summed E-state index contributed by atoms with van der Waals surface area (Å²) >= 11 is 0. The van der Waals surface area contributed by atoms with Gasteiger partial charge in [-0.3, -0.25) is 14.8 Å². The summed E-state index contributed by atoms with van der Waals surface area (Å²) in [4.78, 5) is 8.70. The number of hydrogen-bond acceptors (Lipinski definition) is 4. The van der Waals surface area contributed by atoms with Crippen molar-refractivity contribution in [2.24, 2.45) is 0 Å². The minimum atomic E-state index is 0.230. The molecule has 0 bridgehead atoms. The Kier molecular flexibility index (Phi) is 4.10. The summed E-state index contributed by atoms with van der Waals surface area (Å²) in [6.45, 7) is 5.36. The second kappa shape index (κ2) is 5.58. The highest BCUT2D eigenvalue weighted by Crippen LogP contribution is 2.15. The lowest BCUT2D eigenvalue weighted by atomic mass is 10.1. The molecule has 2 heterocycles. The average molecular weight is 235 g/mol.